The third-order valence-corrected chi connectivity index (χ3v) is 10.4. The quantitative estimate of drug-likeness (QED) is 0.477. The molecule has 0 unspecified atom stereocenters. The van der Waals surface area contributed by atoms with Crippen LogP contribution in [0.5, 0.6) is 0 Å². The van der Waals surface area contributed by atoms with Crippen molar-refractivity contribution in [2.24, 2.45) is 58.2 Å². The van der Waals surface area contributed by atoms with Crippen LogP contribution in [0.2, 0.25) is 0 Å². The predicted octanol–water partition coefficient (Wildman–Crippen LogP) is 7.18. The summed E-state index contributed by atoms with van der Waals surface area (Å²) in [5.74, 6) is 7.89. The highest BCUT2D eigenvalue weighted by atomic mass is 14.7. The summed E-state index contributed by atoms with van der Waals surface area (Å²) in [6, 6.07) is 0. The van der Waals surface area contributed by atoms with Gasteiger partial charge in [0.15, 0.2) is 0 Å². The molecule has 0 aromatic rings. The fraction of sp³-hybridized carbons (Fsp3) is 1.00. The largest absolute Gasteiger partial charge is 0.0625 e. The average Bonchev–Trinajstić information content (AvgIpc) is 2.88. The number of hydrogen-bond acceptors (Lipinski definition) is 0. The van der Waals surface area contributed by atoms with Gasteiger partial charge < -0.3 is 0 Å². The Hall–Kier alpha value is 0. The maximum absolute atomic E-state index is 2.73. The van der Waals surface area contributed by atoms with Gasteiger partial charge in [0.1, 0.15) is 0 Å². The first kappa shape index (κ1) is 17.4. The van der Waals surface area contributed by atoms with Gasteiger partial charge in [-0.15, -0.1) is 0 Å². The molecule has 24 heavy (non-hydrogen) atoms. The lowest BCUT2D eigenvalue weighted by Crippen LogP contribution is -2.58. The topological polar surface area (TPSA) is 0 Å². The molecule has 0 aromatic heterocycles. The molecule has 0 N–H and O–H groups in total. The van der Waals surface area contributed by atoms with E-state index in [0.29, 0.717) is 10.8 Å². The molecule has 0 bridgehead atoms. The van der Waals surface area contributed by atoms with E-state index in [-0.39, 0.29) is 0 Å². The Balaban J connectivity index is 1.71. The van der Waals surface area contributed by atoms with Crippen molar-refractivity contribution in [1.29, 1.82) is 0 Å². The standard InChI is InChI=1S/C24H42/c1-15(2)19-10-11-20-22-16(3)13-18-9-7-8-12-23(18,5)21(22)14-17(4)24(19,20)6/h15-22H,7-14H2,1-6H3/t16-,17+,18+,19-,20+,21+,22+,23+,24-/m1/s1. The van der Waals surface area contributed by atoms with E-state index < -0.39 is 0 Å². The van der Waals surface area contributed by atoms with Crippen LogP contribution >= 0.6 is 0 Å². The van der Waals surface area contributed by atoms with Gasteiger partial charge in [0, 0.05) is 0 Å². The Morgan fingerprint density at radius 1 is 0.875 bits per heavy atom. The third kappa shape index (κ3) is 2.16. The van der Waals surface area contributed by atoms with Gasteiger partial charge in [0.05, 0.1) is 0 Å². The van der Waals surface area contributed by atoms with Gasteiger partial charge in [-0.25, -0.2) is 0 Å². The van der Waals surface area contributed by atoms with Crippen LogP contribution in [0.1, 0.15) is 92.9 Å². The van der Waals surface area contributed by atoms with E-state index in [1.807, 2.05) is 0 Å². The molecule has 0 nitrogen and oxygen atoms in total. The van der Waals surface area contributed by atoms with E-state index in [1.165, 1.54) is 44.9 Å². The molecule has 0 aliphatic heterocycles. The fourth-order valence-corrected chi connectivity index (χ4v) is 9.13. The zero-order valence-electron chi connectivity index (χ0n) is 17.3. The first-order valence-corrected chi connectivity index (χ1v) is 11.3. The van der Waals surface area contributed by atoms with E-state index in [2.05, 4.69) is 41.5 Å². The van der Waals surface area contributed by atoms with Gasteiger partial charge in [-0.05, 0) is 96.7 Å². The van der Waals surface area contributed by atoms with Gasteiger partial charge >= 0.3 is 0 Å². The van der Waals surface area contributed by atoms with Gasteiger partial charge in [-0.3, -0.25) is 0 Å². The van der Waals surface area contributed by atoms with Crippen molar-refractivity contribution in [2.75, 3.05) is 0 Å². The average molecular weight is 331 g/mol. The third-order valence-electron chi connectivity index (χ3n) is 10.4. The highest BCUT2D eigenvalue weighted by molar-refractivity contribution is 5.12. The highest BCUT2D eigenvalue weighted by Gasteiger charge is 2.63. The summed E-state index contributed by atoms with van der Waals surface area (Å²) in [5.41, 5.74) is 1.31. The molecule has 4 saturated carbocycles. The summed E-state index contributed by atoms with van der Waals surface area (Å²) in [7, 11) is 0. The zero-order valence-corrected chi connectivity index (χ0v) is 17.3. The molecular weight excluding hydrogens is 288 g/mol. The Labute approximate surface area is 151 Å². The van der Waals surface area contributed by atoms with Crippen LogP contribution in [0.3, 0.4) is 0 Å². The molecule has 0 radical (unpaired) electrons. The second-order valence-corrected chi connectivity index (χ2v) is 11.4. The minimum Gasteiger partial charge on any atom is -0.0625 e. The molecule has 0 heteroatoms. The van der Waals surface area contributed by atoms with Crippen LogP contribution < -0.4 is 0 Å². The summed E-state index contributed by atoms with van der Waals surface area (Å²) in [6.45, 7) is 15.7. The van der Waals surface area contributed by atoms with Gasteiger partial charge in [-0.1, -0.05) is 54.4 Å². The normalized spacial score (nSPS) is 57.4. The summed E-state index contributed by atoms with van der Waals surface area (Å²) in [6.07, 6.45) is 12.2. The van der Waals surface area contributed by atoms with Crippen LogP contribution in [-0.4, -0.2) is 0 Å². The van der Waals surface area contributed by atoms with Gasteiger partial charge in [0.25, 0.3) is 0 Å². The van der Waals surface area contributed by atoms with Gasteiger partial charge in [-0.2, -0.15) is 0 Å². The molecule has 9 atom stereocenters. The van der Waals surface area contributed by atoms with Crippen molar-refractivity contribution in [3.05, 3.63) is 0 Å². The lowest BCUT2D eigenvalue weighted by molar-refractivity contribution is -0.157. The smallest absolute Gasteiger partial charge is 0.0238 e. The van der Waals surface area contributed by atoms with Gasteiger partial charge in [0.2, 0.25) is 0 Å². The molecule has 4 rings (SSSR count). The second kappa shape index (κ2) is 5.75. The Morgan fingerprint density at radius 2 is 1.62 bits per heavy atom. The van der Waals surface area contributed by atoms with Crippen molar-refractivity contribution in [1.82, 2.24) is 0 Å². The molecule has 4 fully saturated rings. The molecule has 4 aliphatic rings. The van der Waals surface area contributed by atoms with E-state index >= 15 is 0 Å². The van der Waals surface area contributed by atoms with Crippen molar-refractivity contribution in [2.45, 2.75) is 92.9 Å². The van der Waals surface area contributed by atoms with E-state index in [4.69, 9.17) is 0 Å². The van der Waals surface area contributed by atoms with E-state index in [1.54, 1.807) is 6.42 Å². The first-order chi connectivity index (χ1) is 11.3. The summed E-state index contributed by atoms with van der Waals surface area (Å²) < 4.78 is 0. The number of hydrogen-bond donors (Lipinski definition) is 0. The van der Waals surface area contributed by atoms with E-state index in [0.717, 1.165) is 47.3 Å². The molecule has 0 heterocycles. The number of fused-ring (bicyclic) bond motifs is 5. The van der Waals surface area contributed by atoms with Crippen molar-refractivity contribution in [3.8, 4) is 0 Å². The summed E-state index contributed by atoms with van der Waals surface area (Å²) >= 11 is 0. The fourth-order valence-electron chi connectivity index (χ4n) is 9.13. The maximum atomic E-state index is 2.73. The number of rotatable bonds is 1. The molecule has 0 saturated heterocycles. The Bertz CT molecular complexity index is 478. The predicted molar refractivity (Wildman–Crippen MR) is 104 cm³/mol. The highest BCUT2D eigenvalue weighted by Crippen LogP contribution is 2.70. The molecule has 0 aromatic carbocycles. The zero-order chi connectivity index (χ0) is 17.3. The first-order valence-electron chi connectivity index (χ1n) is 11.3. The Kier molecular flexibility index (Phi) is 4.17. The molecule has 0 amide bonds. The second-order valence-electron chi connectivity index (χ2n) is 11.4. The summed E-state index contributed by atoms with van der Waals surface area (Å²) in [5, 5.41) is 0. The van der Waals surface area contributed by atoms with Crippen LogP contribution in [0.25, 0.3) is 0 Å². The van der Waals surface area contributed by atoms with Crippen molar-refractivity contribution < 1.29 is 0 Å². The molecular formula is C24H42. The monoisotopic (exact) mass is 330 g/mol. The minimum absolute atomic E-state index is 0.626. The van der Waals surface area contributed by atoms with Crippen molar-refractivity contribution in [3.63, 3.8) is 0 Å². The van der Waals surface area contributed by atoms with Crippen LogP contribution in [0.15, 0.2) is 0 Å². The maximum Gasteiger partial charge on any atom is -0.0238 e. The van der Waals surface area contributed by atoms with Crippen LogP contribution in [0.4, 0.5) is 0 Å². The lowest BCUT2D eigenvalue weighted by Gasteiger charge is -2.64. The van der Waals surface area contributed by atoms with Crippen molar-refractivity contribution >= 4 is 0 Å². The van der Waals surface area contributed by atoms with Crippen LogP contribution in [-0.2, 0) is 0 Å². The molecule has 0 spiro atoms. The lowest BCUT2D eigenvalue weighted by atomic mass is 9.41. The molecule has 4 aliphatic carbocycles. The Morgan fingerprint density at radius 3 is 2.33 bits per heavy atom. The molecule has 138 valence electrons. The SMILES string of the molecule is CC(C)[C@H]1CC[C@H]2[C@@H]3[C@H](C)C[C@@H]4CCCC[C@]4(C)[C@H]3C[C@H](C)[C@]12C. The minimum atomic E-state index is 0.626. The van der Waals surface area contributed by atoms with E-state index in [9.17, 15) is 0 Å². The van der Waals surface area contributed by atoms with Crippen LogP contribution in [0, 0.1) is 58.2 Å². The summed E-state index contributed by atoms with van der Waals surface area (Å²) in [4.78, 5) is 0.